The van der Waals surface area contributed by atoms with Crippen molar-refractivity contribution in [3.8, 4) is 0 Å². The molecule has 0 spiro atoms. The Kier molecular flexibility index (Phi) is 7.70. The number of carbonyl (C=O) groups excluding carboxylic acids is 1. The van der Waals surface area contributed by atoms with Gasteiger partial charge in [0.2, 0.25) is 5.91 Å². The molecule has 1 rings (SSSR count). The largest absolute Gasteiger partial charge is 0.383 e. The van der Waals surface area contributed by atoms with Gasteiger partial charge < -0.3 is 20.1 Å². The van der Waals surface area contributed by atoms with Gasteiger partial charge in [-0.15, -0.1) is 12.4 Å². The lowest BCUT2D eigenvalue weighted by atomic mass is 9.76. The minimum absolute atomic E-state index is 0. The van der Waals surface area contributed by atoms with Crippen molar-refractivity contribution in [1.82, 2.24) is 4.90 Å². The van der Waals surface area contributed by atoms with Gasteiger partial charge in [0.1, 0.15) is 0 Å². The van der Waals surface area contributed by atoms with Crippen LogP contribution >= 0.6 is 12.4 Å². The van der Waals surface area contributed by atoms with Gasteiger partial charge in [-0.25, -0.2) is 0 Å². The van der Waals surface area contributed by atoms with Crippen LogP contribution in [0.4, 0.5) is 0 Å². The Morgan fingerprint density at radius 3 is 2.00 bits per heavy atom. The van der Waals surface area contributed by atoms with Crippen molar-refractivity contribution in [3.05, 3.63) is 0 Å². The lowest BCUT2D eigenvalue weighted by Gasteiger charge is -2.40. The molecule has 0 bridgehead atoms. The molecule has 1 aliphatic carbocycles. The summed E-state index contributed by atoms with van der Waals surface area (Å²) in [5.74, 6) is 0.0350. The van der Waals surface area contributed by atoms with Crippen molar-refractivity contribution >= 4 is 18.3 Å². The number of ether oxygens (including phenoxy) is 2. The summed E-state index contributed by atoms with van der Waals surface area (Å²) >= 11 is 0. The highest BCUT2D eigenvalue weighted by Gasteiger charge is 2.42. The molecule has 0 aromatic rings. The fraction of sp³-hybridized carbons (Fsp3) is 0.909. The number of nitrogens with zero attached hydrogens (tertiary/aromatic N) is 1. The average molecular weight is 267 g/mol. The van der Waals surface area contributed by atoms with Crippen molar-refractivity contribution in [2.75, 3.05) is 40.5 Å². The molecule has 0 aromatic heterocycles. The molecule has 0 aromatic carbocycles. The van der Waals surface area contributed by atoms with Gasteiger partial charge in [-0.2, -0.15) is 0 Å². The molecule has 17 heavy (non-hydrogen) atoms. The molecule has 1 amide bonds. The van der Waals surface area contributed by atoms with E-state index in [4.69, 9.17) is 15.2 Å². The third-order valence-corrected chi connectivity index (χ3v) is 3.09. The SMILES string of the molecule is COCCN(CCOC)C(=O)C1(N)CCC1.Cl. The van der Waals surface area contributed by atoms with Gasteiger partial charge >= 0.3 is 0 Å². The van der Waals surface area contributed by atoms with Crippen LogP contribution in [0.5, 0.6) is 0 Å². The Balaban J connectivity index is 0.00000256. The number of hydrogen-bond acceptors (Lipinski definition) is 4. The zero-order valence-corrected chi connectivity index (χ0v) is 11.4. The van der Waals surface area contributed by atoms with Gasteiger partial charge in [0, 0.05) is 27.3 Å². The number of hydrogen-bond donors (Lipinski definition) is 1. The quantitative estimate of drug-likeness (QED) is 0.725. The first-order valence-electron chi connectivity index (χ1n) is 5.70. The fourth-order valence-electron chi connectivity index (χ4n) is 1.80. The Morgan fingerprint density at radius 1 is 1.24 bits per heavy atom. The fourth-order valence-corrected chi connectivity index (χ4v) is 1.80. The highest BCUT2D eigenvalue weighted by atomic mass is 35.5. The lowest BCUT2D eigenvalue weighted by Crippen LogP contribution is -2.60. The third-order valence-electron chi connectivity index (χ3n) is 3.09. The minimum atomic E-state index is -0.624. The van der Waals surface area contributed by atoms with Crippen LogP contribution in [0.15, 0.2) is 0 Å². The van der Waals surface area contributed by atoms with E-state index in [0.29, 0.717) is 26.3 Å². The zero-order chi connectivity index (χ0) is 12.0. The van der Waals surface area contributed by atoms with Gasteiger partial charge in [0.05, 0.1) is 18.8 Å². The van der Waals surface area contributed by atoms with E-state index >= 15 is 0 Å². The predicted octanol–water partition coefficient (Wildman–Crippen LogP) is 0.411. The van der Waals surface area contributed by atoms with Gasteiger partial charge in [0.25, 0.3) is 0 Å². The highest BCUT2D eigenvalue weighted by Crippen LogP contribution is 2.30. The topological polar surface area (TPSA) is 64.8 Å². The maximum Gasteiger partial charge on any atom is 0.242 e. The second kappa shape index (κ2) is 7.87. The summed E-state index contributed by atoms with van der Waals surface area (Å²) in [5.41, 5.74) is 5.39. The van der Waals surface area contributed by atoms with Crippen LogP contribution in [-0.2, 0) is 14.3 Å². The van der Waals surface area contributed by atoms with Gasteiger partial charge in [0.15, 0.2) is 0 Å². The van der Waals surface area contributed by atoms with E-state index in [2.05, 4.69) is 0 Å². The first kappa shape index (κ1) is 16.6. The number of amides is 1. The zero-order valence-electron chi connectivity index (χ0n) is 10.6. The number of nitrogens with two attached hydrogens (primary N) is 1. The molecular weight excluding hydrogens is 244 g/mol. The summed E-state index contributed by atoms with van der Waals surface area (Å²) in [6.45, 7) is 2.23. The van der Waals surface area contributed by atoms with Crippen LogP contribution in [0.2, 0.25) is 0 Å². The molecule has 5 nitrogen and oxygen atoms in total. The van der Waals surface area contributed by atoms with Gasteiger partial charge in [-0.1, -0.05) is 0 Å². The Bertz CT molecular complexity index is 227. The van der Waals surface area contributed by atoms with Gasteiger partial charge in [-0.3, -0.25) is 4.79 Å². The Labute approximate surface area is 109 Å². The standard InChI is InChI=1S/C11H22N2O3.ClH/c1-15-8-6-13(7-9-16-2)10(14)11(12)4-3-5-11;/h3-9,12H2,1-2H3;1H. The normalized spacial score (nSPS) is 16.9. The molecule has 0 heterocycles. The molecule has 1 aliphatic rings. The molecule has 0 atom stereocenters. The van der Waals surface area contributed by atoms with Crippen LogP contribution in [0, 0.1) is 0 Å². The molecule has 0 unspecified atom stereocenters. The predicted molar refractivity (Wildman–Crippen MR) is 68.3 cm³/mol. The third kappa shape index (κ3) is 4.43. The summed E-state index contributed by atoms with van der Waals surface area (Å²) in [6, 6.07) is 0. The second-order valence-corrected chi connectivity index (χ2v) is 4.29. The molecule has 0 radical (unpaired) electrons. The summed E-state index contributed by atoms with van der Waals surface area (Å²) in [7, 11) is 3.25. The van der Waals surface area contributed by atoms with Crippen molar-refractivity contribution in [2.45, 2.75) is 24.8 Å². The van der Waals surface area contributed by atoms with Crippen LogP contribution in [0.3, 0.4) is 0 Å². The number of carbonyl (C=O) groups is 1. The smallest absolute Gasteiger partial charge is 0.242 e. The molecule has 1 fully saturated rings. The van der Waals surface area contributed by atoms with Crippen LogP contribution in [-0.4, -0.2) is 56.9 Å². The second-order valence-electron chi connectivity index (χ2n) is 4.29. The summed E-state index contributed by atoms with van der Waals surface area (Å²) in [4.78, 5) is 13.9. The van der Waals surface area contributed by atoms with E-state index in [0.717, 1.165) is 19.3 Å². The maximum atomic E-state index is 12.1. The summed E-state index contributed by atoms with van der Waals surface area (Å²) < 4.78 is 9.98. The van der Waals surface area contributed by atoms with E-state index < -0.39 is 5.54 Å². The van der Waals surface area contributed by atoms with Crippen molar-refractivity contribution in [2.24, 2.45) is 5.73 Å². The van der Waals surface area contributed by atoms with E-state index in [9.17, 15) is 4.79 Å². The monoisotopic (exact) mass is 266 g/mol. The first-order valence-corrected chi connectivity index (χ1v) is 5.70. The first-order chi connectivity index (χ1) is 7.64. The minimum Gasteiger partial charge on any atom is -0.383 e. The Morgan fingerprint density at radius 2 is 1.71 bits per heavy atom. The molecule has 6 heteroatoms. The molecule has 0 aliphatic heterocycles. The molecule has 0 saturated heterocycles. The Hall–Kier alpha value is -0.360. The lowest BCUT2D eigenvalue weighted by molar-refractivity contribution is -0.141. The number of halogens is 1. The van der Waals surface area contributed by atoms with E-state index in [1.54, 1.807) is 19.1 Å². The average Bonchev–Trinajstić information content (AvgIpc) is 2.25. The molecule has 1 saturated carbocycles. The van der Waals surface area contributed by atoms with Crippen molar-refractivity contribution < 1.29 is 14.3 Å². The molecular formula is C11H23ClN2O3. The van der Waals surface area contributed by atoms with Crippen LogP contribution < -0.4 is 5.73 Å². The van der Waals surface area contributed by atoms with E-state index in [1.807, 2.05) is 0 Å². The van der Waals surface area contributed by atoms with Crippen molar-refractivity contribution in [3.63, 3.8) is 0 Å². The summed E-state index contributed by atoms with van der Waals surface area (Å²) in [5, 5.41) is 0. The highest BCUT2D eigenvalue weighted by molar-refractivity contribution is 5.87. The van der Waals surface area contributed by atoms with Crippen LogP contribution in [0.25, 0.3) is 0 Å². The molecule has 102 valence electrons. The van der Waals surface area contributed by atoms with Gasteiger partial charge in [-0.05, 0) is 19.3 Å². The number of rotatable bonds is 7. The van der Waals surface area contributed by atoms with E-state index in [1.165, 1.54) is 0 Å². The van der Waals surface area contributed by atoms with E-state index in [-0.39, 0.29) is 18.3 Å². The maximum absolute atomic E-state index is 12.1. The van der Waals surface area contributed by atoms with Crippen molar-refractivity contribution in [1.29, 1.82) is 0 Å². The molecule has 2 N–H and O–H groups in total. The summed E-state index contributed by atoms with van der Waals surface area (Å²) in [6.07, 6.45) is 2.63. The number of methoxy groups -OCH3 is 2. The van der Waals surface area contributed by atoms with Crippen LogP contribution in [0.1, 0.15) is 19.3 Å².